The van der Waals surface area contributed by atoms with Crippen molar-refractivity contribution in [3.8, 4) is 0 Å². The number of oxazole rings is 1. The van der Waals surface area contributed by atoms with Crippen molar-refractivity contribution >= 4 is 6.08 Å². The molecule has 0 amide bonds. The molecule has 1 aromatic heterocycles. The lowest BCUT2D eigenvalue weighted by atomic mass is 10.1. The lowest BCUT2D eigenvalue weighted by molar-refractivity contribution is 0.450. The quantitative estimate of drug-likeness (QED) is 0.660. The van der Waals surface area contributed by atoms with Crippen LogP contribution in [0.4, 0.5) is 0 Å². The van der Waals surface area contributed by atoms with Crippen LogP contribution in [-0.4, -0.2) is 4.98 Å². The van der Waals surface area contributed by atoms with Gasteiger partial charge in [0.2, 0.25) is 0 Å². The summed E-state index contributed by atoms with van der Waals surface area (Å²) < 4.78 is 5.70. The van der Waals surface area contributed by atoms with Gasteiger partial charge < -0.3 is 4.42 Å². The maximum Gasteiger partial charge on any atom is 0.197 e. The van der Waals surface area contributed by atoms with E-state index in [0.717, 1.165) is 17.3 Å². The average Bonchev–Trinajstić information content (AvgIpc) is 3.06. The van der Waals surface area contributed by atoms with Gasteiger partial charge >= 0.3 is 0 Å². The topological polar surface area (TPSA) is 26.0 Å². The lowest BCUT2D eigenvalue weighted by Crippen LogP contribution is -1.87. The van der Waals surface area contributed by atoms with Gasteiger partial charge in [-0.15, -0.1) is 0 Å². The molecule has 1 heterocycles. The molecule has 3 rings (SSSR count). The summed E-state index contributed by atoms with van der Waals surface area (Å²) in [5.74, 6) is 3.77. The molecule has 0 bridgehead atoms. The third-order valence-corrected chi connectivity index (χ3v) is 4.79. The highest BCUT2D eigenvalue weighted by Gasteiger charge is 2.48. The number of aromatic nitrogens is 1. The van der Waals surface area contributed by atoms with E-state index in [9.17, 15) is 0 Å². The molecule has 0 unspecified atom stereocenters. The Hall–Kier alpha value is -2.09. The number of aryl methyl sites for hydroxylation is 1. The molecule has 1 fully saturated rings. The highest BCUT2D eigenvalue weighted by atomic mass is 16.4. The Kier molecular flexibility index (Phi) is 4.25. The lowest BCUT2D eigenvalue weighted by Gasteiger charge is -2.00. The second-order valence-electron chi connectivity index (χ2n) is 6.88. The summed E-state index contributed by atoms with van der Waals surface area (Å²) >= 11 is 0. The molecule has 0 spiro atoms. The van der Waals surface area contributed by atoms with Crippen LogP contribution in [0.2, 0.25) is 0 Å². The summed E-state index contributed by atoms with van der Waals surface area (Å²) in [7, 11) is 0. The SMILES string of the molecule is C=C(/C=C\c1nc(C(C)C)oc1C)[C@H]1[C@H](C)[C@@H]1c1ccccc1. The smallest absolute Gasteiger partial charge is 0.197 e. The summed E-state index contributed by atoms with van der Waals surface area (Å²) in [4.78, 5) is 4.56. The van der Waals surface area contributed by atoms with Crippen LogP contribution in [0.25, 0.3) is 6.08 Å². The van der Waals surface area contributed by atoms with Crippen LogP contribution in [0.1, 0.15) is 55.5 Å². The Balaban J connectivity index is 1.70. The summed E-state index contributed by atoms with van der Waals surface area (Å²) in [6.45, 7) is 12.7. The van der Waals surface area contributed by atoms with E-state index in [2.05, 4.69) is 68.7 Å². The van der Waals surface area contributed by atoms with Crippen LogP contribution in [0.3, 0.4) is 0 Å². The number of nitrogens with zero attached hydrogens (tertiary/aromatic N) is 1. The van der Waals surface area contributed by atoms with E-state index in [1.165, 1.54) is 11.1 Å². The third-order valence-electron chi connectivity index (χ3n) is 4.79. The molecule has 1 aromatic carbocycles. The molecular formula is C21H25NO. The zero-order valence-corrected chi connectivity index (χ0v) is 14.4. The first-order valence-electron chi connectivity index (χ1n) is 8.38. The first-order chi connectivity index (χ1) is 11.0. The van der Waals surface area contributed by atoms with E-state index < -0.39 is 0 Å². The normalized spacial score (nSPS) is 23.6. The third kappa shape index (κ3) is 3.17. The predicted octanol–water partition coefficient (Wildman–Crippen LogP) is 5.73. The van der Waals surface area contributed by atoms with E-state index in [1.54, 1.807) is 0 Å². The fourth-order valence-corrected chi connectivity index (χ4v) is 3.35. The summed E-state index contributed by atoms with van der Waals surface area (Å²) in [5.41, 5.74) is 3.51. The molecule has 0 radical (unpaired) electrons. The monoisotopic (exact) mass is 307 g/mol. The van der Waals surface area contributed by atoms with Gasteiger partial charge in [0.1, 0.15) is 11.5 Å². The molecule has 1 aliphatic rings. The van der Waals surface area contributed by atoms with Crippen LogP contribution < -0.4 is 0 Å². The number of hydrogen-bond donors (Lipinski definition) is 0. The van der Waals surface area contributed by atoms with Crippen LogP contribution in [0.15, 0.2) is 53.0 Å². The van der Waals surface area contributed by atoms with Gasteiger partial charge in [0.05, 0.1) is 0 Å². The van der Waals surface area contributed by atoms with Crippen molar-refractivity contribution in [2.45, 2.75) is 39.5 Å². The Labute approximate surface area is 138 Å². The van der Waals surface area contributed by atoms with Crippen molar-refractivity contribution in [1.29, 1.82) is 0 Å². The molecule has 0 aliphatic heterocycles. The van der Waals surface area contributed by atoms with E-state index in [-0.39, 0.29) is 0 Å². The first-order valence-corrected chi connectivity index (χ1v) is 8.38. The molecule has 1 saturated carbocycles. The zero-order valence-electron chi connectivity index (χ0n) is 14.4. The number of rotatable bonds is 5. The minimum Gasteiger partial charge on any atom is -0.445 e. The van der Waals surface area contributed by atoms with Crippen molar-refractivity contribution < 1.29 is 4.42 Å². The van der Waals surface area contributed by atoms with Gasteiger partial charge in [-0.25, -0.2) is 4.98 Å². The molecule has 2 aromatic rings. The van der Waals surface area contributed by atoms with Gasteiger partial charge in [0.25, 0.3) is 0 Å². The van der Waals surface area contributed by atoms with Crippen LogP contribution in [-0.2, 0) is 0 Å². The number of benzene rings is 1. The van der Waals surface area contributed by atoms with Gasteiger partial charge in [0, 0.05) is 5.92 Å². The second kappa shape index (κ2) is 6.19. The van der Waals surface area contributed by atoms with Gasteiger partial charge in [-0.3, -0.25) is 0 Å². The highest BCUT2D eigenvalue weighted by molar-refractivity contribution is 5.52. The minimum atomic E-state index is 0.310. The standard InChI is InChI=1S/C21H25NO/c1-13(2)21-22-18(16(5)23-21)12-11-14(3)19-15(4)20(19)17-9-7-6-8-10-17/h6-13,15,19-20H,3H2,1-2,4-5H3/b12-11-/t15-,19-,20+/m0/s1. The summed E-state index contributed by atoms with van der Waals surface area (Å²) in [6.07, 6.45) is 4.15. The summed E-state index contributed by atoms with van der Waals surface area (Å²) in [6, 6.07) is 10.7. The van der Waals surface area contributed by atoms with Crippen LogP contribution in [0.5, 0.6) is 0 Å². The minimum absolute atomic E-state index is 0.310. The summed E-state index contributed by atoms with van der Waals surface area (Å²) in [5, 5.41) is 0. The van der Waals surface area contributed by atoms with Crippen molar-refractivity contribution in [2.24, 2.45) is 11.8 Å². The van der Waals surface area contributed by atoms with Crippen molar-refractivity contribution in [3.05, 3.63) is 71.5 Å². The zero-order chi connectivity index (χ0) is 16.6. The van der Waals surface area contributed by atoms with E-state index >= 15 is 0 Å². The second-order valence-corrected chi connectivity index (χ2v) is 6.88. The van der Waals surface area contributed by atoms with E-state index in [1.807, 2.05) is 13.0 Å². The van der Waals surface area contributed by atoms with Crippen molar-refractivity contribution in [2.75, 3.05) is 0 Å². The maximum atomic E-state index is 5.70. The Morgan fingerprint density at radius 2 is 1.96 bits per heavy atom. The van der Waals surface area contributed by atoms with Crippen molar-refractivity contribution in [3.63, 3.8) is 0 Å². The molecule has 1 aliphatic carbocycles. The van der Waals surface area contributed by atoms with Gasteiger partial charge in [-0.05, 0) is 36.3 Å². The van der Waals surface area contributed by atoms with E-state index in [4.69, 9.17) is 4.42 Å². The predicted molar refractivity (Wildman–Crippen MR) is 95.3 cm³/mol. The Morgan fingerprint density at radius 1 is 1.26 bits per heavy atom. The number of allylic oxidation sites excluding steroid dienone is 2. The molecule has 0 saturated heterocycles. The molecule has 0 N–H and O–H groups in total. The average molecular weight is 307 g/mol. The molecular weight excluding hydrogens is 282 g/mol. The van der Waals surface area contributed by atoms with Crippen LogP contribution >= 0.6 is 0 Å². The molecule has 2 heteroatoms. The van der Waals surface area contributed by atoms with Crippen molar-refractivity contribution in [1.82, 2.24) is 4.98 Å². The van der Waals surface area contributed by atoms with Gasteiger partial charge in [0.15, 0.2) is 5.89 Å². The van der Waals surface area contributed by atoms with Gasteiger partial charge in [-0.1, -0.05) is 69.3 Å². The molecule has 3 atom stereocenters. The highest BCUT2D eigenvalue weighted by Crippen LogP contribution is 2.57. The van der Waals surface area contributed by atoms with Crippen LogP contribution in [0, 0.1) is 18.8 Å². The van der Waals surface area contributed by atoms with E-state index in [0.29, 0.717) is 23.7 Å². The van der Waals surface area contributed by atoms with Gasteiger partial charge in [-0.2, -0.15) is 0 Å². The largest absolute Gasteiger partial charge is 0.445 e. The molecule has 2 nitrogen and oxygen atoms in total. The number of hydrogen-bond acceptors (Lipinski definition) is 2. The Bertz CT molecular complexity index is 724. The molecule has 120 valence electrons. The Morgan fingerprint density at radius 3 is 2.57 bits per heavy atom. The first kappa shape index (κ1) is 15.8. The molecule has 23 heavy (non-hydrogen) atoms. The fourth-order valence-electron chi connectivity index (χ4n) is 3.35. The maximum absolute atomic E-state index is 5.70. The fraction of sp³-hybridized carbons (Fsp3) is 0.381.